The molecule has 0 saturated carbocycles. The number of unbranched alkanes of at least 4 members (excludes halogenated alkanes) is 2. The highest BCUT2D eigenvalue weighted by Gasteiger charge is 2.28. The SMILES string of the molecule is CC1=CC[C@H](O)C[C@@H](O)C[C@H](O)C[C@@H](O)C[C@H](O)C[C@@H](O)[C@@H](C)[C@H](O)C=CC[C@H](O)CCC[C@H](O)CCC[C@H](O)CCCCCCC=CC[C@@H]([C@@H](C)[C@H](O)CCCCC[C@@H](C)O)OC(=O)C=C1. The molecule has 12 N–H and O–H groups in total. The number of aliphatic hydroxyl groups is 12. The third kappa shape index (κ3) is 33.2. The van der Waals surface area contributed by atoms with Crippen LogP contribution in [0.3, 0.4) is 0 Å². The molecule has 0 aromatic heterocycles. The maximum Gasteiger partial charge on any atom is 0.331 e. The molecule has 0 spiro atoms. The highest BCUT2D eigenvalue weighted by Crippen LogP contribution is 2.24. The van der Waals surface area contributed by atoms with Crippen LogP contribution >= 0.6 is 0 Å². The normalized spacial score (nSPS) is 33.6. The molecule has 392 valence electrons. The minimum Gasteiger partial charge on any atom is -0.458 e. The summed E-state index contributed by atoms with van der Waals surface area (Å²) < 4.78 is 5.89. The number of carbonyl (C=O) groups is 1. The van der Waals surface area contributed by atoms with Crippen molar-refractivity contribution in [1.82, 2.24) is 0 Å². The number of allylic oxidation sites excluding steroid dienone is 3. The largest absolute Gasteiger partial charge is 0.458 e. The van der Waals surface area contributed by atoms with E-state index in [1.165, 1.54) is 12.2 Å². The first-order chi connectivity index (χ1) is 31.8. The minimum absolute atomic E-state index is 0.0463. The fraction of sp³-hybridized carbons (Fsp3) is 0.830. The van der Waals surface area contributed by atoms with Gasteiger partial charge in [0.1, 0.15) is 6.10 Å². The van der Waals surface area contributed by atoms with Crippen LogP contribution in [0.15, 0.2) is 48.1 Å². The highest BCUT2D eigenvalue weighted by atomic mass is 16.5. The Morgan fingerprint density at radius 1 is 0.567 bits per heavy atom. The third-order valence-electron chi connectivity index (χ3n) is 13.2. The first kappa shape index (κ1) is 63.0. The number of cyclic esters (lactones) is 1. The molecule has 1 aliphatic rings. The molecular formula is C53H96O14. The zero-order chi connectivity index (χ0) is 50.1. The average molecular weight is 957 g/mol. The summed E-state index contributed by atoms with van der Waals surface area (Å²) in [5, 5.41) is 126. The van der Waals surface area contributed by atoms with Crippen molar-refractivity contribution < 1.29 is 70.8 Å². The smallest absolute Gasteiger partial charge is 0.331 e. The predicted octanol–water partition coefficient (Wildman–Crippen LogP) is 5.90. The molecule has 14 heteroatoms. The van der Waals surface area contributed by atoms with E-state index in [1.54, 1.807) is 39.0 Å². The number of esters is 1. The zero-order valence-corrected chi connectivity index (χ0v) is 41.6. The molecule has 15 atom stereocenters. The van der Waals surface area contributed by atoms with Gasteiger partial charge in [-0.15, -0.1) is 0 Å². The number of hydrogen-bond acceptors (Lipinski definition) is 14. The minimum atomic E-state index is -1.14. The molecule has 0 fully saturated rings. The molecule has 0 aromatic rings. The molecule has 0 bridgehead atoms. The topological polar surface area (TPSA) is 269 Å². The van der Waals surface area contributed by atoms with Gasteiger partial charge in [-0.05, 0) is 129 Å². The van der Waals surface area contributed by atoms with Crippen LogP contribution in [0.4, 0.5) is 0 Å². The van der Waals surface area contributed by atoms with Crippen LogP contribution in [0.5, 0.6) is 0 Å². The van der Waals surface area contributed by atoms with Gasteiger partial charge in [-0.1, -0.05) is 94.4 Å². The lowest BCUT2D eigenvalue weighted by Gasteiger charge is -2.27. The van der Waals surface area contributed by atoms with Gasteiger partial charge in [0.2, 0.25) is 0 Å². The van der Waals surface area contributed by atoms with E-state index >= 15 is 0 Å². The highest BCUT2D eigenvalue weighted by molar-refractivity contribution is 5.82. The van der Waals surface area contributed by atoms with Crippen LogP contribution in [0.2, 0.25) is 0 Å². The first-order valence-corrected chi connectivity index (χ1v) is 25.8. The Morgan fingerprint density at radius 3 is 1.72 bits per heavy atom. The molecule has 14 nitrogen and oxygen atoms in total. The Bertz CT molecular complexity index is 1350. The van der Waals surface area contributed by atoms with E-state index in [4.69, 9.17) is 4.74 Å². The van der Waals surface area contributed by atoms with Gasteiger partial charge in [0, 0.05) is 24.3 Å². The number of ether oxygens (including phenoxy) is 1. The zero-order valence-electron chi connectivity index (χ0n) is 41.6. The van der Waals surface area contributed by atoms with Crippen molar-refractivity contribution in [3.05, 3.63) is 48.1 Å². The van der Waals surface area contributed by atoms with Crippen molar-refractivity contribution in [2.24, 2.45) is 11.8 Å². The van der Waals surface area contributed by atoms with Gasteiger partial charge in [0.15, 0.2) is 0 Å². The second-order valence-corrected chi connectivity index (χ2v) is 20.0. The van der Waals surface area contributed by atoms with Crippen molar-refractivity contribution in [1.29, 1.82) is 0 Å². The third-order valence-corrected chi connectivity index (χ3v) is 13.2. The first-order valence-electron chi connectivity index (χ1n) is 25.8. The Hall–Kier alpha value is -2.05. The fourth-order valence-electron chi connectivity index (χ4n) is 8.57. The van der Waals surface area contributed by atoms with Gasteiger partial charge in [-0.3, -0.25) is 0 Å². The van der Waals surface area contributed by atoms with E-state index in [2.05, 4.69) is 6.08 Å². The molecule has 67 heavy (non-hydrogen) atoms. The Balaban J connectivity index is 2.95. The number of rotatable bonds is 8. The number of hydrogen-bond donors (Lipinski definition) is 12. The molecule has 0 saturated heterocycles. The van der Waals surface area contributed by atoms with Crippen LogP contribution in [-0.4, -0.2) is 147 Å². The summed E-state index contributed by atoms with van der Waals surface area (Å²) in [6.07, 6.45) is 14.2. The average Bonchev–Trinajstić information content (AvgIpc) is 3.24. The van der Waals surface area contributed by atoms with Crippen molar-refractivity contribution in [3.8, 4) is 0 Å². The summed E-state index contributed by atoms with van der Waals surface area (Å²) >= 11 is 0. The maximum atomic E-state index is 13.0. The van der Waals surface area contributed by atoms with Crippen LogP contribution < -0.4 is 0 Å². The summed E-state index contributed by atoms with van der Waals surface area (Å²) in [6.45, 7) is 7.04. The predicted molar refractivity (Wildman–Crippen MR) is 263 cm³/mol. The number of carbonyl (C=O) groups excluding carboxylic acids is 1. The molecular weight excluding hydrogens is 861 g/mol. The van der Waals surface area contributed by atoms with Crippen LogP contribution in [0, 0.1) is 11.8 Å². The van der Waals surface area contributed by atoms with E-state index in [9.17, 15) is 66.1 Å². The molecule has 0 amide bonds. The van der Waals surface area contributed by atoms with Gasteiger partial charge >= 0.3 is 5.97 Å². The van der Waals surface area contributed by atoms with Gasteiger partial charge in [0.05, 0.1) is 73.2 Å². The van der Waals surface area contributed by atoms with E-state index in [-0.39, 0.29) is 57.0 Å². The number of aliphatic hydroxyl groups excluding tert-OH is 12. The lowest BCUT2D eigenvalue weighted by atomic mass is 9.91. The lowest BCUT2D eigenvalue weighted by molar-refractivity contribution is -0.147. The summed E-state index contributed by atoms with van der Waals surface area (Å²) in [7, 11) is 0. The Kier molecular flexibility index (Phi) is 35.5. The van der Waals surface area contributed by atoms with Crippen molar-refractivity contribution in [2.45, 2.75) is 268 Å². The molecule has 1 heterocycles. The quantitative estimate of drug-likeness (QED) is 0.0768. The molecule has 1 rings (SSSR count). The van der Waals surface area contributed by atoms with Gasteiger partial charge < -0.3 is 66.0 Å². The summed E-state index contributed by atoms with van der Waals surface area (Å²) in [5.41, 5.74) is 0.680. The molecule has 0 unspecified atom stereocenters. The summed E-state index contributed by atoms with van der Waals surface area (Å²) in [4.78, 5) is 13.0. The second kappa shape index (κ2) is 37.7. The van der Waals surface area contributed by atoms with Crippen molar-refractivity contribution in [2.75, 3.05) is 0 Å². The van der Waals surface area contributed by atoms with E-state index in [0.29, 0.717) is 69.8 Å². The van der Waals surface area contributed by atoms with Gasteiger partial charge in [-0.25, -0.2) is 4.79 Å². The van der Waals surface area contributed by atoms with Crippen LogP contribution in [0.25, 0.3) is 0 Å². The van der Waals surface area contributed by atoms with Crippen LogP contribution in [0.1, 0.15) is 188 Å². The van der Waals surface area contributed by atoms with E-state index in [0.717, 1.165) is 51.4 Å². The molecule has 0 aliphatic carbocycles. The summed E-state index contributed by atoms with van der Waals surface area (Å²) in [5.74, 6) is -1.55. The monoisotopic (exact) mass is 957 g/mol. The standard InChI is InChI=1S/C53H96O14/c1-37-28-30-44(58)32-45(59)33-46(60)34-47(61)35-48(62)36-51(65)39(3)49(63)26-17-24-43(57)23-16-22-42(56)21-15-20-41(55)19-12-8-6-5-7-9-14-27-52(67-53(66)31-29-37)40(4)50(64)25-13-10-11-18-38(2)54/h9,14,17,26,28-29,31,38-52,54-65H,5-8,10-13,15-16,18-25,27,30,32-36H2,1-4H3/t38-,39+,40+,41-,42-,43-,44+,45-,46+,47-,48+,49-,50-,51-,52+/m1/s1. The van der Waals surface area contributed by atoms with Gasteiger partial charge in [-0.2, -0.15) is 0 Å². The lowest BCUT2D eigenvalue weighted by Crippen LogP contribution is -2.33. The molecule has 0 aromatic carbocycles. The second-order valence-electron chi connectivity index (χ2n) is 20.0. The Labute approximate surface area is 403 Å². The van der Waals surface area contributed by atoms with E-state index in [1.807, 2.05) is 13.0 Å². The van der Waals surface area contributed by atoms with Crippen molar-refractivity contribution in [3.63, 3.8) is 0 Å². The van der Waals surface area contributed by atoms with E-state index < -0.39 is 85.1 Å². The maximum absolute atomic E-state index is 13.0. The van der Waals surface area contributed by atoms with Crippen LogP contribution in [-0.2, 0) is 9.53 Å². The molecule has 0 radical (unpaired) electrons. The Morgan fingerprint density at radius 2 is 1.10 bits per heavy atom. The fourth-order valence-corrected chi connectivity index (χ4v) is 8.57. The van der Waals surface area contributed by atoms with Crippen molar-refractivity contribution >= 4 is 5.97 Å². The summed E-state index contributed by atoms with van der Waals surface area (Å²) in [6, 6.07) is 0. The molecule has 1 aliphatic heterocycles. The van der Waals surface area contributed by atoms with Gasteiger partial charge in [0.25, 0.3) is 0 Å².